The van der Waals surface area contributed by atoms with Gasteiger partial charge in [0, 0.05) is 22.0 Å². The summed E-state index contributed by atoms with van der Waals surface area (Å²) in [6.07, 6.45) is 0.877. The van der Waals surface area contributed by atoms with Crippen LogP contribution in [0.2, 0.25) is 10.0 Å². The maximum Gasteiger partial charge on any atom is 0.220 e. The smallest absolute Gasteiger partial charge is 0.220 e. The van der Waals surface area contributed by atoms with Gasteiger partial charge in [-0.15, -0.1) is 0 Å². The zero-order chi connectivity index (χ0) is 18.4. The van der Waals surface area contributed by atoms with Crippen LogP contribution in [0.5, 0.6) is 11.5 Å². The molecule has 2 aromatic rings. The molecule has 1 amide bonds. The highest BCUT2D eigenvalue weighted by Crippen LogP contribution is 2.29. The third kappa shape index (κ3) is 5.28. The highest BCUT2D eigenvalue weighted by molar-refractivity contribution is 6.35. The van der Waals surface area contributed by atoms with Crippen LogP contribution in [0.1, 0.15) is 30.5 Å². The van der Waals surface area contributed by atoms with Crippen LogP contribution in [0.3, 0.4) is 0 Å². The molecule has 1 N–H and O–H groups in total. The van der Waals surface area contributed by atoms with Gasteiger partial charge in [0.2, 0.25) is 5.91 Å². The van der Waals surface area contributed by atoms with E-state index in [1.54, 1.807) is 26.4 Å². The predicted molar refractivity (Wildman–Crippen MR) is 101 cm³/mol. The first-order valence-electron chi connectivity index (χ1n) is 7.89. The molecule has 0 aliphatic heterocycles. The second-order valence-corrected chi connectivity index (χ2v) is 6.48. The van der Waals surface area contributed by atoms with Crippen molar-refractivity contribution in [3.05, 3.63) is 57.6 Å². The van der Waals surface area contributed by atoms with Gasteiger partial charge < -0.3 is 14.8 Å². The molecule has 0 aromatic heterocycles. The summed E-state index contributed by atoms with van der Waals surface area (Å²) >= 11 is 12.0. The SMILES string of the molecule is COc1ccc(OC)c([C@@H](C)NC(=O)CCc2ccc(Cl)cc2Cl)c1. The van der Waals surface area contributed by atoms with E-state index in [1.165, 1.54) is 0 Å². The number of hydrogen-bond acceptors (Lipinski definition) is 3. The summed E-state index contributed by atoms with van der Waals surface area (Å²) in [5.74, 6) is 1.35. The van der Waals surface area contributed by atoms with Crippen molar-refractivity contribution in [1.29, 1.82) is 0 Å². The Morgan fingerprint density at radius 1 is 1.12 bits per heavy atom. The predicted octanol–water partition coefficient (Wildman–Crippen LogP) is 4.82. The normalized spacial score (nSPS) is 11.7. The van der Waals surface area contributed by atoms with E-state index in [0.717, 1.165) is 11.1 Å². The molecule has 1 atom stereocenters. The lowest BCUT2D eigenvalue weighted by atomic mass is 10.1. The Kier molecular flexibility index (Phi) is 6.97. The van der Waals surface area contributed by atoms with E-state index in [4.69, 9.17) is 32.7 Å². The van der Waals surface area contributed by atoms with Crippen LogP contribution in [-0.4, -0.2) is 20.1 Å². The Morgan fingerprint density at radius 3 is 2.52 bits per heavy atom. The molecule has 0 aliphatic rings. The van der Waals surface area contributed by atoms with Gasteiger partial charge in [-0.05, 0) is 49.2 Å². The number of hydrogen-bond donors (Lipinski definition) is 1. The number of carbonyl (C=O) groups excluding carboxylic acids is 1. The van der Waals surface area contributed by atoms with Gasteiger partial charge in [0.25, 0.3) is 0 Å². The molecule has 0 radical (unpaired) electrons. The van der Waals surface area contributed by atoms with Gasteiger partial charge in [-0.1, -0.05) is 29.3 Å². The van der Waals surface area contributed by atoms with Crippen LogP contribution in [0.25, 0.3) is 0 Å². The molecule has 134 valence electrons. The van der Waals surface area contributed by atoms with E-state index in [0.29, 0.717) is 34.4 Å². The topological polar surface area (TPSA) is 47.6 Å². The Morgan fingerprint density at radius 2 is 1.88 bits per heavy atom. The maximum absolute atomic E-state index is 12.3. The van der Waals surface area contributed by atoms with Gasteiger partial charge in [0.1, 0.15) is 11.5 Å². The number of aryl methyl sites for hydroxylation is 1. The quantitative estimate of drug-likeness (QED) is 0.747. The van der Waals surface area contributed by atoms with Crippen molar-refractivity contribution >= 4 is 29.1 Å². The average Bonchev–Trinajstić information content (AvgIpc) is 2.60. The Balaban J connectivity index is 2.00. The molecule has 0 unspecified atom stereocenters. The maximum atomic E-state index is 12.3. The van der Waals surface area contributed by atoms with Crippen molar-refractivity contribution in [3.8, 4) is 11.5 Å². The molecule has 2 aromatic carbocycles. The minimum absolute atomic E-state index is 0.0663. The van der Waals surface area contributed by atoms with E-state index in [2.05, 4.69) is 5.32 Å². The summed E-state index contributed by atoms with van der Waals surface area (Å²) in [6, 6.07) is 10.6. The van der Waals surface area contributed by atoms with Crippen LogP contribution in [0, 0.1) is 0 Å². The number of benzene rings is 2. The first kappa shape index (κ1) is 19.4. The minimum atomic E-state index is -0.210. The van der Waals surface area contributed by atoms with Gasteiger partial charge in [-0.3, -0.25) is 4.79 Å². The van der Waals surface area contributed by atoms with Crippen LogP contribution < -0.4 is 14.8 Å². The molecule has 0 saturated heterocycles. The first-order valence-corrected chi connectivity index (χ1v) is 8.65. The number of halogens is 2. The minimum Gasteiger partial charge on any atom is -0.497 e. The molecule has 0 fully saturated rings. The molecule has 0 heterocycles. The zero-order valence-corrected chi connectivity index (χ0v) is 15.9. The number of carbonyl (C=O) groups is 1. The highest BCUT2D eigenvalue weighted by atomic mass is 35.5. The summed E-state index contributed by atoms with van der Waals surface area (Å²) in [5, 5.41) is 4.13. The van der Waals surface area contributed by atoms with E-state index in [1.807, 2.05) is 31.2 Å². The summed E-state index contributed by atoms with van der Waals surface area (Å²) in [7, 11) is 3.20. The fraction of sp³-hybridized carbons (Fsp3) is 0.316. The van der Waals surface area contributed by atoms with E-state index in [-0.39, 0.29) is 11.9 Å². The first-order chi connectivity index (χ1) is 11.9. The lowest BCUT2D eigenvalue weighted by Crippen LogP contribution is -2.27. The van der Waals surface area contributed by atoms with Gasteiger partial charge in [0.15, 0.2) is 0 Å². The number of amides is 1. The molecule has 4 nitrogen and oxygen atoms in total. The van der Waals surface area contributed by atoms with Gasteiger partial charge in [0.05, 0.1) is 20.3 Å². The van der Waals surface area contributed by atoms with Gasteiger partial charge in [-0.25, -0.2) is 0 Å². The lowest BCUT2D eigenvalue weighted by molar-refractivity contribution is -0.121. The zero-order valence-electron chi connectivity index (χ0n) is 14.4. The third-order valence-electron chi connectivity index (χ3n) is 3.92. The van der Waals surface area contributed by atoms with Crippen molar-refractivity contribution in [2.24, 2.45) is 0 Å². The fourth-order valence-corrected chi connectivity index (χ4v) is 3.04. The van der Waals surface area contributed by atoms with Crippen molar-refractivity contribution in [2.45, 2.75) is 25.8 Å². The standard InChI is InChI=1S/C19H21Cl2NO3/c1-12(16-11-15(24-2)7-8-18(16)25-3)22-19(23)9-5-13-4-6-14(20)10-17(13)21/h4,6-8,10-12H,5,9H2,1-3H3,(H,22,23)/t12-/m1/s1. The van der Waals surface area contributed by atoms with Crippen molar-refractivity contribution in [2.75, 3.05) is 14.2 Å². The number of rotatable bonds is 7. The molecule has 2 rings (SSSR count). The number of nitrogens with one attached hydrogen (secondary N) is 1. The largest absolute Gasteiger partial charge is 0.497 e. The average molecular weight is 382 g/mol. The molecular weight excluding hydrogens is 361 g/mol. The Bertz CT molecular complexity index is 749. The Labute approximate surface area is 158 Å². The highest BCUT2D eigenvalue weighted by Gasteiger charge is 2.15. The van der Waals surface area contributed by atoms with Crippen LogP contribution in [0.4, 0.5) is 0 Å². The van der Waals surface area contributed by atoms with Crippen molar-refractivity contribution < 1.29 is 14.3 Å². The third-order valence-corrected chi connectivity index (χ3v) is 4.50. The molecule has 0 saturated carbocycles. The second-order valence-electron chi connectivity index (χ2n) is 5.63. The number of ether oxygens (including phenoxy) is 2. The van der Waals surface area contributed by atoms with Crippen LogP contribution in [0.15, 0.2) is 36.4 Å². The van der Waals surface area contributed by atoms with E-state index >= 15 is 0 Å². The molecular formula is C19H21Cl2NO3. The van der Waals surface area contributed by atoms with Crippen LogP contribution >= 0.6 is 23.2 Å². The molecule has 0 bridgehead atoms. The van der Waals surface area contributed by atoms with Crippen molar-refractivity contribution in [1.82, 2.24) is 5.32 Å². The second kappa shape index (κ2) is 8.97. The summed E-state index contributed by atoms with van der Waals surface area (Å²) in [5.41, 5.74) is 1.76. The van der Waals surface area contributed by atoms with E-state index in [9.17, 15) is 4.79 Å². The number of methoxy groups -OCH3 is 2. The molecule has 0 spiro atoms. The Hall–Kier alpha value is -1.91. The van der Waals surface area contributed by atoms with Gasteiger partial charge in [-0.2, -0.15) is 0 Å². The van der Waals surface area contributed by atoms with Crippen molar-refractivity contribution in [3.63, 3.8) is 0 Å². The van der Waals surface area contributed by atoms with Crippen LogP contribution in [-0.2, 0) is 11.2 Å². The summed E-state index contributed by atoms with van der Waals surface area (Å²) < 4.78 is 10.6. The fourth-order valence-electron chi connectivity index (χ4n) is 2.54. The summed E-state index contributed by atoms with van der Waals surface area (Å²) in [6.45, 7) is 1.91. The summed E-state index contributed by atoms with van der Waals surface area (Å²) in [4.78, 5) is 12.3. The lowest BCUT2D eigenvalue weighted by Gasteiger charge is -2.18. The molecule has 0 aliphatic carbocycles. The van der Waals surface area contributed by atoms with E-state index < -0.39 is 0 Å². The van der Waals surface area contributed by atoms with Gasteiger partial charge >= 0.3 is 0 Å². The monoisotopic (exact) mass is 381 g/mol. The molecule has 25 heavy (non-hydrogen) atoms. The molecule has 6 heteroatoms.